The monoisotopic (exact) mass is 277 g/mol. The molecule has 1 unspecified atom stereocenters. The van der Waals surface area contributed by atoms with Crippen molar-refractivity contribution in [2.75, 3.05) is 6.61 Å². The van der Waals surface area contributed by atoms with Gasteiger partial charge in [0.05, 0.1) is 0 Å². The van der Waals surface area contributed by atoms with Gasteiger partial charge in [0.2, 0.25) is 5.56 Å². The number of nitrogens with one attached hydrogen (secondary N) is 1. The fourth-order valence-electron chi connectivity index (χ4n) is 2.72. The number of halogens is 2. The van der Waals surface area contributed by atoms with Gasteiger partial charge in [0.15, 0.2) is 0 Å². The minimum absolute atomic E-state index is 0.199. The molecular weight excluding hydrogens is 264 g/mol. The number of hydrogen-bond donors (Lipinski definition) is 1. The molecule has 5 heteroatoms. The van der Waals surface area contributed by atoms with Crippen LogP contribution in [0.5, 0.6) is 0 Å². The lowest BCUT2D eigenvalue weighted by Gasteiger charge is -2.29. The zero-order chi connectivity index (χ0) is 14.2. The van der Waals surface area contributed by atoms with Crippen LogP contribution >= 0.6 is 0 Å². The zero-order valence-corrected chi connectivity index (χ0v) is 10.7. The fourth-order valence-corrected chi connectivity index (χ4v) is 2.72. The van der Waals surface area contributed by atoms with Crippen molar-refractivity contribution in [2.24, 2.45) is 0 Å². The second kappa shape index (κ2) is 4.83. The molecule has 1 aliphatic heterocycles. The van der Waals surface area contributed by atoms with Crippen molar-refractivity contribution in [2.45, 2.75) is 18.4 Å². The predicted octanol–water partition coefficient (Wildman–Crippen LogP) is 2.71. The van der Waals surface area contributed by atoms with Gasteiger partial charge in [-0.1, -0.05) is 12.1 Å². The van der Waals surface area contributed by atoms with E-state index in [0.717, 1.165) is 12.6 Å². The van der Waals surface area contributed by atoms with E-state index in [2.05, 4.69) is 4.98 Å². The first-order valence-electron chi connectivity index (χ1n) is 6.40. The SMILES string of the molecule is O=c1cc(C2(c3ccc(F)cc3)CCCO2)c(F)c[nH]1. The molecular formula is C15H13F2NO2. The van der Waals surface area contributed by atoms with E-state index < -0.39 is 17.0 Å². The molecule has 0 bridgehead atoms. The van der Waals surface area contributed by atoms with Gasteiger partial charge in [-0.3, -0.25) is 4.79 Å². The Kier molecular flexibility index (Phi) is 3.14. The molecule has 3 nitrogen and oxygen atoms in total. The number of rotatable bonds is 2. The summed E-state index contributed by atoms with van der Waals surface area (Å²) in [7, 11) is 0. The molecule has 0 radical (unpaired) electrons. The molecule has 1 fully saturated rings. The van der Waals surface area contributed by atoms with Crippen LogP contribution in [0.25, 0.3) is 0 Å². The maximum atomic E-state index is 14.1. The van der Waals surface area contributed by atoms with Crippen LogP contribution in [-0.4, -0.2) is 11.6 Å². The fraction of sp³-hybridized carbons (Fsp3) is 0.267. The summed E-state index contributed by atoms with van der Waals surface area (Å²) in [6.45, 7) is 0.476. The third-order valence-corrected chi connectivity index (χ3v) is 3.64. The lowest BCUT2D eigenvalue weighted by atomic mass is 9.84. The normalized spacial score (nSPS) is 22.1. The van der Waals surface area contributed by atoms with Crippen LogP contribution in [0.1, 0.15) is 24.0 Å². The van der Waals surface area contributed by atoms with Crippen molar-refractivity contribution in [3.8, 4) is 0 Å². The van der Waals surface area contributed by atoms with Crippen LogP contribution in [0.4, 0.5) is 8.78 Å². The summed E-state index contributed by atoms with van der Waals surface area (Å²) < 4.78 is 33.0. The van der Waals surface area contributed by atoms with Crippen LogP contribution in [0.15, 0.2) is 41.3 Å². The van der Waals surface area contributed by atoms with Gasteiger partial charge in [-0.2, -0.15) is 0 Å². The second-order valence-electron chi connectivity index (χ2n) is 4.84. The van der Waals surface area contributed by atoms with Gasteiger partial charge >= 0.3 is 0 Å². The molecule has 1 saturated heterocycles. The van der Waals surface area contributed by atoms with Gasteiger partial charge < -0.3 is 9.72 Å². The number of aromatic nitrogens is 1. The summed E-state index contributed by atoms with van der Waals surface area (Å²) >= 11 is 0. The van der Waals surface area contributed by atoms with Gasteiger partial charge in [-0.15, -0.1) is 0 Å². The van der Waals surface area contributed by atoms with Crippen molar-refractivity contribution in [1.29, 1.82) is 0 Å². The molecule has 0 saturated carbocycles. The summed E-state index contributed by atoms with van der Waals surface area (Å²) in [6.07, 6.45) is 2.34. The molecule has 1 aromatic heterocycles. The standard InChI is InChI=1S/C15H13F2NO2/c16-11-4-2-10(3-5-11)15(6-1-7-20-15)12-8-14(19)18-9-13(12)17/h2-5,8-9H,1,6-7H2,(H,18,19). The zero-order valence-electron chi connectivity index (χ0n) is 10.7. The first-order chi connectivity index (χ1) is 9.62. The summed E-state index contributed by atoms with van der Waals surface area (Å²) in [5.41, 5.74) is -0.545. The molecule has 1 aromatic carbocycles. The maximum Gasteiger partial charge on any atom is 0.248 e. The van der Waals surface area contributed by atoms with E-state index in [4.69, 9.17) is 4.74 Å². The summed E-state index contributed by atoms with van der Waals surface area (Å²) in [5, 5.41) is 0. The summed E-state index contributed by atoms with van der Waals surface area (Å²) in [6, 6.07) is 6.97. The lowest BCUT2D eigenvalue weighted by molar-refractivity contribution is 0.0328. The predicted molar refractivity (Wildman–Crippen MR) is 69.4 cm³/mol. The Hall–Kier alpha value is -2.01. The Morgan fingerprint density at radius 1 is 1.20 bits per heavy atom. The molecule has 20 heavy (non-hydrogen) atoms. The maximum absolute atomic E-state index is 14.1. The Bertz CT molecular complexity index is 673. The first-order valence-corrected chi connectivity index (χ1v) is 6.40. The largest absolute Gasteiger partial charge is 0.365 e. The third-order valence-electron chi connectivity index (χ3n) is 3.64. The second-order valence-corrected chi connectivity index (χ2v) is 4.84. The molecule has 104 valence electrons. The van der Waals surface area contributed by atoms with Crippen LogP contribution in [0.3, 0.4) is 0 Å². The van der Waals surface area contributed by atoms with Crippen molar-refractivity contribution >= 4 is 0 Å². The minimum Gasteiger partial charge on any atom is -0.365 e. The Labute approximate surface area is 114 Å². The molecule has 2 heterocycles. The van der Waals surface area contributed by atoms with Crippen molar-refractivity contribution in [3.63, 3.8) is 0 Å². The average molecular weight is 277 g/mol. The number of hydrogen-bond acceptors (Lipinski definition) is 2. The van der Waals surface area contributed by atoms with Gasteiger partial charge in [0, 0.05) is 24.4 Å². The number of aromatic amines is 1. The van der Waals surface area contributed by atoms with Crippen molar-refractivity contribution in [3.05, 3.63) is 69.6 Å². The van der Waals surface area contributed by atoms with Crippen molar-refractivity contribution in [1.82, 2.24) is 4.98 Å². The lowest BCUT2D eigenvalue weighted by Crippen LogP contribution is -2.29. The summed E-state index contributed by atoms with van der Waals surface area (Å²) in [5.74, 6) is -0.899. The Balaban J connectivity index is 2.19. The molecule has 1 atom stereocenters. The van der Waals surface area contributed by atoms with Gasteiger partial charge in [0.1, 0.15) is 17.2 Å². The van der Waals surface area contributed by atoms with E-state index in [-0.39, 0.29) is 11.4 Å². The van der Waals surface area contributed by atoms with E-state index in [9.17, 15) is 13.6 Å². The number of benzene rings is 1. The van der Waals surface area contributed by atoms with E-state index in [1.54, 1.807) is 12.1 Å². The third kappa shape index (κ3) is 2.04. The Morgan fingerprint density at radius 3 is 2.60 bits per heavy atom. The molecule has 0 aliphatic carbocycles. The highest BCUT2D eigenvalue weighted by Crippen LogP contribution is 2.42. The first kappa shape index (κ1) is 13.0. The van der Waals surface area contributed by atoms with Gasteiger partial charge in [-0.05, 0) is 30.5 Å². The smallest absolute Gasteiger partial charge is 0.248 e. The molecule has 2 aromatic rings. The van der Waals surface area contributed by atoms with Crippen LogP contribution in [0.2, 0.25) is 0 Å². The van der Waals surface area contributed by atoms with E-state index >= 15 is 0 Å². The van der Waals surface area contributed by atoms with Gasteiger partial charge in [0.25, 0.3) is 0 Å². The molecule has 3 rings (SSSR count). The minimum atomic E-state index is -1.01. The highest BCUT2D eigenvalue weighted by molar-refractivity contribution is 5.37. The average Bonchev–Trinajstić information content (AvgIpc) is 2.93. The van der Waals surface area contributed by atoms with Crippen LogP contribution < -0.4 is 5.56 Å². The van der Waals surface area contributed by atoms with E-state index in [1.807, 2.05) is 0 Å². The number of pyridine rings is 1. The highest BCUT2D eigenvalue weighted by atomic mass is 19.1. The van der Waals surface area contributed by atoms with Crippen LogP contribution in [0, 0.1) is 11.6 Å². The Morgan fingerprint density at radius 2 is 1.95 bits per heavy atom. The summed E-state index contributed by atoms with van der Waals surface area (Å²) in [4.78, 5) is 13.8. The van der Waals surface area contributed by atoms with E-state index in [1.165, 1.54) is 18.2 Å². The van der Waals surface area contributed by atoms with Crippen LogP contribution in [-0.2, 0) is 10.3 Å². The molecule has 1 aliphatic rings. The number of ether oxygens (including phenoxy) is 1. The van der Waals surface area contributed by atoms with Gasteiger partial charge in [-0.25, -0.2) is 8.78 Å². The van der Waals surface area contributed by atoms with Crippen molar-refractivity contribution < 1.29 is 13.5 Å². The highest BCUT2D eigenvalue weighted by Gasteiger charge is 2.41. The number of H-pyrrole nitrogens is 1. The topological polar surface area (TPSA) is 42.1 Å². The quantitative estimate of drug-likeness (QED) is 0.917. The molecule has 0 spiro atoms. The molecule has 1 N–H and O–H groups in total. The molecule has 0 amide bonds. The van der Waals surface area contributed by atoms with E-state index in [0.29, 0.717) is 18.6 Å².